The van der Waals surface area contributed by atoms with Gasteiger partial charge >= 0.3 is 0 Å². The van der Waals surface area contributed by atoms with E-state index < -0.39 is 0 Å². The van der Waals surface area contributed by atoms with Crippen molar-refractivity contribution in [3.05, 3.63) is 35.9 Å². The lowest BCUT2D eigenvalue weighted by atomic mass is 10.3. The monoisotopic (exact) mass is 269 g/mol. The lowest BCUT2D eigenvalue weighted by Gasteiger charge is -1.99. The number of hydrogen-bond donors (Lipinski definition) is 1. The Hall–Kier alpha value is -1.33. The van der Waals surface area contributed by atoms with Gasteiger partial charge < -0.3 is 5.32 Å². The first-order valence-corrected chi connectivity index (χ1v) is 5.98. The number of hydrogen-bond acceptors (Lipinski definition) is 3. The maximum atomic E-state index is 4.31. The summed E-state index contributed by atoms with van der Waals surface area (Å²) in [5.74, 6) is 0. The Morgan fingerprint density at radius 1 is 1.33 bits per heavy atom. The average Bonchev–Trinajstić information content (AvgIpc) is 2.89. The zero-order chi connectivity index (χ0) is 12.1. The van der Waals surface area contributed by atoms with Crippen molar-refractivity contribution >= 4 is 12.4 Å². The molecule has 1 N–H and O–H groups in total. The fraction of sp³-hybridized carbons (Fsp3) is 0.500. The van der Waals surface area contributed by atoms with E-state index in [-0.39, 0.29) is 12.4 Å². The van der Waals surface area contributed by atoms with Crippen molar-refractivity contribution in [3.8, 4) is 0 Å². The number of aromatic nitrogens is 4. The van der Waals surface area contributed by atoms with Crippen LogP contribution in [0.1, 0.15) is 24.6 Å². The first kappa shape index (κ1) is 14.7. The van der Waals surface area contributed by atoms with Gasteiger partial charge in [-0.2, -0.15) is 10.2 Å². The molecule has 0 bridgehead atoms. The van der Waals surface area contributed by atoms with Crippen LogP contribution in [-0.2, 0) is 26.7 Å². The van der Waals surface area contributed by atoms with E-state index in [9.17, 15) is 0 Å². The van der Waals surface area contributed by atoms with Crippen LogP contribution < -0.4 is 5.32 Å². The van der Waals surface area contributed by atoms with E-state index in [1.165, 1.54) is 5.56 Å². The van der Waals surface area contributed by atoms with E-state index in [0.717, 1.165) is 31.7 Å². The molecule has 0 aromatic carbocycles. The Bertz CT molecular complexity index is 462. The standard InChI is InChI=1S/C12H19N5.ClH/c1-3-5-17-10-11(8-14-17)7-13-9-12-4-6-16(2)15-12;/h4,6,8,10,13H,3,5,7,9H2,1-2H3;1H. The zero-order valence-electron chi connectivity index (χ0n) is 10.8. The van der Waals surface area contributed by atoms with Gasteiger partial charge in [-0.15, -0.1) is 12.4 Å². The van der Waals surface area contributed by atoms with E-state index in [1.807, 2.05) is 34.9 Å². The van der Waals surface area contributed by atoms with Gasteiger partial charge in [0.2, 0.25) is 0 Å². The summed E-state index contributed by atoms with van der Waals surface area (Å²) in [6.07, 6.45) is 7.08. The van der Waals surface area contributed by atoms with Gasteiger partial charge in [0.15, 0.2) is 0 Å². The van der Waals surface area contributed by atoms with E-state index in [4.69, 9.17) is 0 Å². The van der Waals surface area contributed by atoms with Gasteiger partial charge in [0.1, 0.15) is 0 Å². The third-order valence-electron chi connectivity index (χ3n) is 2.54. The second-order valence-corrected chi connectivity index (χ2v) is 4.20. The van der Waals surface area contributed by atoms with E-state index >= 15 is 0 Å². The molecule has 0 aliphatic carbocycles. The number of aryl methyl sites for hydroxylation is 2. The molecule has 2 rings (SSSR count). The SMILES string of the molecule is CCCn1cc(CNCc2ccn(C)n2)cn1.Cl. The first-order valence-electron chi connectivity index (χ1n) is 5.98. The summed E-state index contributed by atoms with van der Waals surface area (Å²) in [4.78, 5) is 0. The third-order valence-corrected chi connectivity index (χ3v) is 2.54. The Morgan fingerprint density at radius 3 is 2.83 bits per heavy atom. The van der Waals surface area contributed by atoms with Crippen molar-refractivity contribution in [2.45, 2.75) is 33.0 Å². The van der Waals surface area contributed by atoms with Gasteiger partial charge in [0.25, 0.3) is 0 Å². The van der Waals surface area contributed by atoms with Crippen LogP contribution >= 0.6 is 12.4 Å². The predicted octanol–water partition coefficient (Wildman–Crippen LogP) is 1.74. The topological polar surface area (TPSA) is 47.7 Å². The van der Waals surface area contributed by atoms with Crippen LogP contribution in [0.15, 0.2) is 24.7 Å². The highest BCUT2D eigenvalue weighted by Gasteiger charge is 1.99. The van der Waals surface area contributed by atoms with Gasteiger partial charge in [0.05, 0.1) is 11.9 Å². The summed E-state index contributed by atoms with van der Waals surface area (Å²) in [7, 11) is 1.93. The van der Waals surface area contributed by atoms with Crippen LogP contribution in [0.4, 0.5) is 0 Å². The van der Waals surface area contributed by atoms with Crippen molar-refractivity contribution in [2.75, 3.05) is 0 Å². The molecular formula is C12H20ClN5. The molecule has 6 heteroatoms. The third kappa shape index (κ3) is 4.16. The summed E-state index contributed by atoms with van der Waals surface area (Å²) in [5.41, 5.74) is 2.28. The number of nitrogens with one attached hydrogen (secondary N) is 1. The van der Waals surface area contributed by atoms with Gasteiger partial charge in [-0.1, -0.05) is 6.92 Å². The molecular weight excluding hydrogens is 250 g/mol. The molecule has 2 heterocycles. The second kappa shape index (κ2) is 7.18. The molecule has 0 fully saturated rings. The van der Waals surface area contributed by atoms with Crippen LogP contribution in [0.25, 0.3) is 0 Å². The van der Waals surface area contributed by atoms with Crippen molar-refractivity contribution < 1.29 is 0 Å². The van der Waals surface area contributed by atoms with E-state index in [2.05, 4.69) is 28.6 Å². The van der Waals surface area contributed by atoms with Crippen LogP contribution in [0.2, 0.25) is 0 Å². The molecule has 5 nitrogen and oxygen atoms in total. The van der Waals surface area contributed by atoms with Gasteiger partial charge in [-0.25, -0.2) is 0 Å². The normalized spacial score (nSPS) is 10.3. The minimum atomic E-state index is 0. The highest BCUT2D eigenvalue weighted by Crippen LogP contribution is 1.99. The molecule has 2 aromatic rings. The molecule has 0 saturated carbocycles. The van der Waals surface area contributed by atoms with Gasteiger partial charge in [-0.3, -0.25) is 9.36 Å². The lowest BCUT2D eigenvalue weighted by molar-refractivity contribution is 0.601. The van der Waals surface area contributed by atoms with Gasteiger partial charge in [-0.05, 0) is 12.5 Å². The van der Waals surface area contributed by atoms with Crippen LogP contribution in [-0.4, -0.2) is 19.6 Å². The molecule has 2 aromatic heterocycles. The minimum absolute atomic E-state index is 0. The maximum Gasteiger partial charge on any atom is 0.0762 e. The smallest absolute Gasteiger partial charge is 0.0762 e. The molecule has 100 valence electrons. The molecule has 0 amide bonds. The molecule has 0 spiro atoms. The maximum absolute atomic E-state index is 4.31. The summed E-state index contributed by atoms with van der Waals surface area (Å²) < 4.78 is 3.80. The summed E-state index contributed by atoms with van der Waals surface area (Å²) in [5, 5.41) is 12.0. The average molecular weight is 270 g/mol. The summed E-state index contributed by atoms with van der Waals surface area (Å²) in [6.45, 7) is 4.76. The van der Waals surface area contributed by atoms with E-state index in [0.29, 0.717) is 0 Å². The predicted molar refractivity (Wildman–Crippen MR) is 73.5 cm³/mol. The van der Waals surface area contributed by atoms with Crippen LogP contribution in [0.3, 0.4) is 0 Å². The van der Waals surface area contributed by atoms with Crippen LogP contribution in [0.5, 0.6) is 0 Å². The molecule has 0 unspecified atom stereocenters. The van der Waals surface area contributed by atoms with Gasteiger partial charge in [0, 0.05) is 44.6 Å². The number of nitrogens with zero attached hydrogens (tertiary/aromatic N) is 4. The fourth-order valence-corrected chi connectivity index (χ4v) is 1.74. The molecule has 18 heavy (non-hydrogen) atoms. The van der Waals surface area contributed by atoms with Crippen LogP contribution in [0, 0.1) is 0 Å². The van der Waals surface area contributed by atoms with Crippen molar-refractivity contribution in [2.24, 2.45) is 7.05 Å². The molecule has 0 aliphatic rings. The van der Waals surface area contributed by atoms with Crippen molar-refractivity contribution in [1.29, 1.82) is 0 Å². The second-order valence-electron chi connectivity index (χ2n) is 4.20. The van der Waals surface area contributed by atoms with E-state index in [1.54, 1.807) is 0 Å². The highest BCUT2D eigenvalue weighted by atomic mass is 35.5. The Kier molecular flexibility index (Phi) is 5.88. The number of halogens is 1. The molecule has 0 aliphatic heterocycles. The summed E-state index contributed by atoms with van der Waals surface area (Å²) >= 11 is 0. The largest absolute Gasteiger partial charge is 0.307 e. The molecule has 0 atom stereocenters. The fourth-order valence-electron chi connectivity index (χ4n) is 1.74. The Morgan fingerprint density at radius 2 is 2.17 bits per heavy atom. The quantitative estimate of drug-likeness (QED) is 0.869. The highest BCUT2D eigenvalue weighted by molar-refractivity contribution is 5.85. The van der Waals surface area contributed by atoms with Crippen molar-refractivity contribution in [1.82, 2.24) is 24.9 Å². The first-order chi connectivity index (χ1) is 8.28. The summed E-state index contributed by atoms with van der Waals surface area (Å²) in [6, 6.07) is 2.02. The number of rotatable bonds is 6. The van der Waals surface area contributed by atoms with Crippen molar-refractivity contribution in [3.63, 3.8) is 0 Å². The Balaban J connectivity index is 0.00000162. The Labute approximate surface area is 114 Å². The minimum Gasteiger partial charge on any atom is -0.307 e. The molecule has 0 saturated heterocycles. The molecule has 0 radical (unpaired) electrons. The zero-order valence-corrected chi connectivity index (χ0v) is 11.7. The lowest BCUT2D eigenvalue weighted by Crippen LogP contribution is -2.12.